The van der Waals surface area contributed by atoms with Crippen molar-refractivity contribution in [3.63, 3.8) is 0 Å². The van der Waals surface area contributed by atoms with E-state index in [1.807, 2.05) is 0 Å². The molecule has 0 saturated carbocycles. The van der Waals surface area contributed by atoms with E-state index in [1.54, 1.807) is 20.8 Å². The first-order valence-electron chi connectivity index (χ1n) is 6.52. The minimum absolute atomic E-state index is 0.216. The van der Waals surface area contributed by atoms with Crippen molar-refractivity contribution in [1.82, 2.24) is 15.1 Å². The molecule has 1 rings (SSSR count). The van der Waals surface area contributed by atoms with Crippen LogP contribution in [0.4, 0.5) is 10.5 Å². The number of nitro groups is 1. The van der Waals surface area contributed by atoms with Gasteiger partial charge in [-0.15, -0.1) is 0 Å². The van der Waals surface area contributed by atoms with Gasteiger partial charge in [0.1, 0.15) is 18.4 Å². The third-order valence-corrected chi connectivity index (χ3v) is 2.44. The van der Waals surface area contributed by atoms with Gasteiger partial charge in [0.15, 0.2) is 6.04 Å². The van der Waals surface area contributed by atoms with Crippen LogP contribution in [0.5, 0.6) is 5.88 Å². The molecule has 0 aliphatic rings. The van der Waals surface area contributed by atoms with E-state index in [0.717, 1.165) is 10.9 Å². The molecule has 1 amide bonds. The van der Waals surface area contributed by atoms with E-state index in [2.05, 4.69) is 10.4 Å². The summed E-state index contributed by atoms with van der Waals surface area (Å²) in [5.41, 5.74) is -1.21. The molecule has 0 aliphatic heterocycles. The molecule has 0 aromatic carbocycles. The Hall–Kier alpha value is -2.85. The van der Waals surface area contributed by atoms with Crippen molar-refractivity contribution in [3.8, 4) is 5.88 Å². The Labute approximate surface area is 131 Å². The van der Waals surface area contributed by atoms with E-state index >= 15 is 0 Å². The van der Waals surface area contributed by atoms with E-state index in [-0.39, 0.29) is 5.88 Å². The molecule has 0 saturated heterocycles. The van der Waals surface area contributed by atoms with Crippen molar-refractivity contribution in [2.75, 3.05) is 6.61 Å². The Morgan fingerprint density at radius 2 is 2.13 bits per heavy atom. The Kier molecular flexibility index (Phi) is 5.49. The molecule has 128 valence electrons. The zero-order valence-electron chi connectivity index (χ0n) is 13.1. The van der Waals surface area contributed by atoms with Gasteiger partial charge >= 0.3 is 17.7 Å². The Balaban J connectivity index is 2.75. The number of rotatable bonds is 6. The summed E-state index contributed by atoms with van der Waals surface area (Å²) in [6.45, 7) is 4.34. The summed E-state index contributed by atoms with van der Waals surface area (Å²) in [4.78, 5) is 32.9. The fourth-order valence-corrected chi connectivity index (χ4v) is 1.49. The SMILES string of the molecule is Cn1ncc([N+](=O)[O-])c1OCC(NC(=O)OC(C)(C)C)C(=O)O. The number of carboxylic acid groups (broad SMARTS) is 1. The van der Waals surface area contributed by atoms with Gasteiger partial charge in [0.05, 0.1) is 4.92 Å². The maximum absolute atomic E-state index is 11.6. The summed E-state index contributed by atoms with van der Waals surface area (Å²) < 4.78 is 11.2. The van der Waals surface area contributed by atoms with Gasteiger partial charge in [-0.1, -0.05) is 0 Å². The van der Waals surface area contributed by atoms with Crippen LogP contribution in [0.1, 0.15) is 20.8 Å². The van der Waals surface area contributed by atoms with Crippen LogP contribution >= 0.6 is 0 Å². The number of carboxylic acids is 1. The fourth-order valence-electron chi connectivity index (χ4n) is 1.49. The maximum Gasteiger partial charge on any atom is 0.408 e. The zero-order chi connectivity index (χ0) is 17.8. The summed E-state index contributed by atoms with van der Waals surface area (Å²) in [6, 6.07) is -1.45. The van der Waals surface area contributed by atoms with Crippen LogP contribution in [-0.2, 0) is 16.6 Å². The maximum atomic E-state index is 11.6. The standard InChI is InChI=1S/C12H18N4O7/c1-12(2,3)23-11(19)14-7(10(17)18)6-22-9-8(16(20)21)5-13-15(9)4/h5,7H,6H2,1-4H3,(H,14,19)(H,17,18). The lowest BCUT2D eigenvalue weighted by molar-refractivity contribution is -0.386. The minimum Gasteiger partial charge on any atom is -0.480 e. The van der Waals surface area contributed by atoms with Gasteiger partial charge in [0.2, 0.25) is 0 Å². The number of hydrogen-bond donors (Lipinski definition) is 2. The molecule has 0 radical (unpaired) electrons. The minimum atomic E-state index is -1.45. The second-order valence-electron chi connectivity index (χ2n) is 5.56. The van der Waals surface area contributed by atoms with Crippen molar-refractivity contribution in [1.29, 1.82) is 0 Å². The summed E-state index contributed by atoms with van der Waals surface area (Å²) in [7, 11) is 1.40. The third-order valence-electron chi connectivity index (χ3n) is 2.44. The molecule has 1 aromatic rings. The molecule has 23 heavy (non-hydrogen) atoms. The second kappa shape index (κ2) is 6.94. The van der Waals surface area contributed by atoms with E-state index in [9.17, 15) is 19.7 Å². The van der Waals surface area contributed by atoms with Gasteiger partial charge in [-0.3, -0.25) is 10.1 Å². The summed E-state index contributed by atoms with van der Waals surface area (Å²) in [6.07, 6.45) is 0.0415. The normalized spacial score (nSPS) is 12.3. The van der Waals surface area contributed by atoms with E-state index in [4.69, 9.17) is 14.6 Å². The number of nitrogens with zero attached hydrogens (tertiary/aromatic N) is 3. The predicted molar refractivity (Wildman–Crippen MR) is 76.2 cm³/mol. The summed E-state index contributed by atoms with van der Waals surface area (Å²) in [5.74, 6) is -1.59. The lowest BCUT2D eigenvalue weighted by atomic mass is 10.2. The number of amides is 1. The molecule has 11 heteroatoms. The highest BCUT2D eigenvalue weighted by Crippen LogP contribution is 2.25. The van der Waals surface area contributed by atoms with Crippen LogP contribution in [-0.4, -0.2) is 50.1 Å². The molecule has 1 atom stereocenters. The van der Waals surface area contributed by atoms with Crippen LogP contribution in [0.2, 0.25) is 0 Å². The monoisotopic (exact) mass is 330 g/mol. The van der Waals surface area contributed by atoms with Gasteiger partial charge in [0, 0.05) is 7.05 Å². The van der Waals surface area contributed by atoms with Gasteiger partial charge in [-0.25, -0.2) is 14.3 Å². The molecule has 11 nitrogen and oxygen atoms in total. The first kappa shape index (κ1) is 18.2. The largest absolute Gasteiger partial charge is 0.480 e. The van der Waals surface area contributed by atoms with Crippen molar-refractivity contribution in [2.45, 2.75) is 32.4 Å². The molecule has 0 fully saturated rings. The average molecular weight is 330 g/mol. The highest BCUT2D eigenvalue weighted by atomic mass is 16.6. The average Bonchev–Trinajstić information content (AvgIpc) is 2.73. The van der Waals surface area contributed by atoms with E-state index in [1.165, 1.54) is 7.05 Å². The molecule has 0 spiro atoms. The van der Waals surface area contributed by atoms with Crippen LogP contribution < -0.4 is 10.1 Å². The molecular weight excluding hydrogens is 312 g/mol. The first-order valence-corrected chi connectivity index (χ1v) is 6.52. The number of aryl methyl sites for hydroxylation is 1. The topological polar surface area (TPSA) is 146 Å². The van der Waals surface area contributed by atoms with Crippen molar-refractivity contribution >= 4 is 17.7 Å². The Morgan fingerprint density at radius 1 is 1.52 bits per heavy atom. The number of alkyl carbamates (subject to hydrolysis) is 1. The molecule has 2 N–H and O–H groups in total. The van der Waals surface area contributed by atoms with Crippen LogP contribution in [0.3, 0.4) is 0 Å². The van der Waals surface area contributed by atoms with E-state index in [0.29, 0.717) is 0 Å². The molecule has 1 aromatic heterocycles. The predicted octanol–water partition coefficient (Wildman–Crippen LogP) is 0.685. The van der Waals surface area contributed by atoms with E-state index < -0.39 is 40.9 Å². The second-order valence-corrected chi connectivity index (χ2v) is 5.56. The zero-order valence-corrected chi connectivity index (χ0v) is 13.1. The van der Waals surface area contributed by atoms with Crippen molar-refractivity contribution in [3.05, 3.63) is 16.3 Å². The number of nitrogens with one attached hydrogen (secondary N) is 1. The summed E-state index contributed by atoms with van der Waals surface area (Å²) in [5, 5.41) is 25.7. The van der Waals surface area contributed by atoms with Gasteiger partial charge in [-0.05, 0) is 20.8 Å². The lowest BCUT2D eigenvalue weighted by Crippen LogP contribution is -2.46. The van der Waals surface area contributed by atoms with Gasteiger partial charge in [0.25, 0.3) is 5.88 Å². The van der Waals surface area contributed by atoms with Gasteiger partial charge in [-0.2, -0.15) is 5.10 Å². The third kappa shape index (κ3) is 5.45. The number of ether oxygens (including phenoxy) is 2. The summed E-state index contributed by atoms with van der Waals surface area (Å²) >= 11 is 0. The van der Waals surface area contributed by atoms with Crippen LogP contribution in [0, 0.1) is 10.1 Å². The van der Waals surface area contributed by atoms with Gasteiger partial charge < -0.3 is 19.9 Å². The highest BCUT2D eigenvalue weighted by Gasteiger charge is 2.27. The Morgan fingerprint density at radius 3 is 2.61 bits per heavy atom. The molecule has 1 unspecified atom stereocenters. The fraction of sp³-hybridized carbons (Fsp3) is 0.583. The smallest absolute Gasteiger partial charge is 0.408 e. The molecule has 1 heterocycles. The quantitative estimate of drug-likeness (QED) is 0.572. The number of aliphatic carboxylic acids is 1. The first-order chi connectivity index (χ1) is 10.5. The van der Waals surface area contributed by atoms with Crippen LogP contribution in [0.15, 0.2) is 6.20 Å². The molecular formula is C12H18N4O7. The van der Waals surface area contributed by atoms with Crippen molar-refractivity contribution < 1.29 is 29.1 Å². The Bertz CT molecular complexity index is 605. The van der Waals surface area contributed by atoms with Crippen molar-refractivity contribution in [2.24, 2.45) is 7.05 Å². The highest BCUT2D eigenvalue weighted by molar-refractivity contribution is 5.80. The lowest BCUT2D eigenvalue weighted by Gasteiger charge is -2.22. The number of carbonyl (C=O) groups is 2. The number of hydrogen-bond acceptors (Lipinski definition) is 7. The number of aromatic nitrogens is 2. The number of carbonyl (C=O) groups excluding carboxylic acids is 1. The van der Waals surface area contributed by atoms with Crippen LogP contribution in [0.25, 0.3) is 0 Å². The molecule has 0 bridgehead atoms. The molecule has 0 aliphatic carbocycles.